The van der Waals surface area contributed by atoms with Crippen molar-refractivity contribution in [1.29, 1.82) is 0 Å². The molecular formula is C12H23O2-. The molecule has 0 fully saturated rings. The zero-order valence-electron chi connectivity index (χ0n) is 9.55. The standard InChI is InChI=1S/C12H24O2/c1-11(2)9-7-5-3-4-6-8-10-12(13)14/h11H,3-10H2,1-2H3,(H,13,14)/p-1. The van der Waals surface area contributed by atoms with E-state index in [4.69, 9.17) is 0 Å². The maximum Gasteiger partial charge on any atom is 0.0414 e. The van der Waals surface area contributed by atoms with Crippen molar-refractivity contribution in [3.8, 4) is 0 Å². The van der Waals surface area contributed by atoms with Crippen molar-refractivity contribution >= 4 is 5.97 Å². The highest BCUT2D eigenvalue weighted by atomic mass is 16.4. The van der Waals surface area contributed by atoms with E-state index in [-0.39, 0.29) is 6.42 Å². The molecule has 0 aliphatic rings. The zero-order chi connectivity index (χ0) is 10.8. The highest BCUT2D eigenvalue weighted by molar-refractivity contribution is 5.63. The number of aliphatic carboxylic acids is 1. The third kappa shape index (κ3) is 11.5. The lowest BCUT2D eigenvalue weighted by Crippen LogP contribution is -2.21. The fourth-order valence-corrected chi connectivity index (χ4v) is 1.53. The van der Waals surface area contributed by atoms with E-state index in [1.165, 1.54) is 32.1 Å². The van der Waals surface area contributed by atoms with Crippen molar-refractivity contribution in [3.05, 3.63) is 0 Å². The van der Waals surface area contributed by atoms with E-state index < -0.39 is 5.97 Å². The first kappa shape index (κ1) is 13.5. The second-order valence-corrected chi connectivity index (χ2v) is 4.43. The van der Waals surface area contributed by atoms with Gasteiger partial charge in [0.25, 0.3) is 0 Å². The Morgan fingerprint density at radius 3 is 2.00 bits per heavy atom. The maximum absolute atomic E-state index is 10.1. The SMILES string of the molecule is CC(C)CCCCCCCCC(=O)[O-]. The Bertz CT molecular complexity index is 141. The Kier molecular flexibility index (Phi) is 8.70. The van der Waals surface area contributed by atoms with Gasteiger partial charge in [-0.15, -0.1) is 0 Å². The molecule has 2 nitrogen and oxygen atoms in total. The summed E-state index contributed by atoms with van der Waals surface area (Å²) in [6.45, 7) is 4.50. The summed E-state index contributed by atoms with van der Waals surface area (Å²) in [5.41, 5.74) is 0. The number of hydrogen-bond donors (Lipinski definition) is 0. The van der Waals surface area contributed by atoms with Gasteiger partial charge in [-0.2, -0.15) is 0 Å². The van der Waals surface area contributed by atoms with Crippen LogP contribution in [0.15, 0.2) is 0 Å². The summed E-state index contributed by atoms with van der Waals surface area (Å²) in [5.74, 6) is -0.0992. The van der Waals surface area contributed by atoms with Crippen molar-refractivity contribution in [2.24, 2.45) is 5.92 Å². The number of carboxylic acid groups (broad SMARTS) is 1. The van der Waals surface area contributed by atoms with Gasteiger partial charge in [-0.05, 0) is 18.8 Å². The van der Waals surface area contributed by atoms with Crippen LogP contribution in [0.2, 0.25) is 0 Å². The van der Waals surface area contributed by atoms with E-state index in [0.717, 1.165) is 18.8 Å². The minimum atomic E-state index is -0.912. The Morgan fingerprint density at radius 2 is 1.50 bits per heavy atom. The predicted octanol–water partition coefficient (Wildman–Crippen LogP) is 2.51. The van der Waals surface area contributed by atoms with Crippen LogP contribution in [0.4, 0.5) is 0 Å². The number of carbonyl (C=O) groups is 1. The van der Waals surface area contributed by atoms with Crippen LogP contribution in [-0.2, 0) is 4.79 Å². The summed E-state index contributed by atoms with van der Waals surface area (Å²) in [6.07, 6.45) is 8.40. The second kappa shape index (κ2) is 9.04. The fourth-order valence-electron chi connectivity index (χ4n) is 1.53. The fraction of sp³-hybridized carbons (Fsp3) is 0.917. The van der Waals surface area contributed by atoms with Gasteiger partial charge in [-0.3, -0.25) is 0 Å². The van der Waals surface area contributed by atoms with Crippen LogP contribution in [0.5, 0.6) is 0 Å². The first-order valence-electron chi connectivity index (χ1n) is 5.82. The molecular weight excluding hydrogens is 176 g/mol. The summed E-state index contributed by atoms with van der Waals surface area (Å²) in [5, 5.41) is 10.1. The van der Waals surface area contributed by atoms with Gasteiger partial charge in [0.15, 0.2) is 0 Å². The van der Waals surface area contributed by atoms with Gasteiger partial charge in [0.05, 0.1) is 0 Å². The monoisotopic (exact) mass is 199 g/mol. The predicted molar refractivity (Wildman–Crippen MR) is 56.8 cm³/mol. The highest BCUT2D eigenvalue weighted by Crippen LogP contribution is 2.11. The number of carboxylic acids is 1. The second-order valence-electron chi connectivity index (χ2n) is 4.43. The minimum absolute atomic E-state index is 0.228. The van der Waals surface area contributed by atoms with Crippen molar-refractivity contribution < 1.29 is 9.90 Å². The molecule has 0 spiro atoms. The molecule has 0 heterocycles. The molecule has 14 heavy (non-hydrogen) atoms. The molecule has 0 saturated heterocycles. The average Bonchev–Trinajstić information content (AvgIpc) is 2.08. The van der Waals surface area contributed by atoms with Gasteiger partial charge in [0.1, 0.15) is 0 Å². The molecule has 0 aliphatic heterocycles. The summed E-state index contributed by atoms with van der Waals surface area (Å²) >= 11 is 0. The van der Waals surface area contributed by atoms with Gasteiger partial charge >= 0.3 is 0 Å². The van der Waals surface area contributed by atoms with Crippen molar-refractivity contribution in [2.75, 3.05) is 0 Å². The molecule has 0 aromatic heterocycles. The minimum Gasteiger partial charge on any atom is -0.550 e. The first-order chi connectivity index (χ1) is 6.63. The van der Waals surface area contributed by atoms with Gasteiger partial charge in [0, 0.05) is 5.97 Å². The molecule has 0 N–H and O–H groups in total. The molecule has 0 saturated carbocycles. The molecule has 0 amide bonds. The van der Waals surface area contributed by atoms with Gasteiger partial charge in [-0.25, -0.2) is 0 Å². The third-order valence-electron chi connectivity index (χ3n) is 2.41. The van der Waals surface area contributed by atoms with Gasteiger partial charge in [-0.1, -0.05) is 52.4 Å². The summed E-state index contributed by atoms with van der Waals surface area (Å²) in [6, 6.07) is 0. The molecule has 0 unspecified atom stereocenters. The van der Waals surface area contributed by atoms with E-state index in [9.17, 15) is 9.90 Å². The van der Waals surface area contributed by atoms with Crippen LogP contribution in [0.3, 0.4) is 0 Å². The molecule has 2 heteroatoms. The molecule has 84 valence electrons. The zero-order valence-corrected chi connectivity index (χ0v) is 9.55. The van der Waals surface area contributed by atoms with E-state index >= 15 is 0 Å². The molecule has 0 aromatic carbocycles. The summed E-state index contributed by atoms with van der Waals surface area (Å²) in [4.78, 5) is 10.1. The maximum atomic E-state index is 10.1. The quantitative estimate of drug-likeness (QED) is 0.535. The summed E-state index contributed by atoms with van der Waals surface area (Å²) < 4.78 is 0. The Morgan fingerprint density at radius 1 is 1.00 bits per heavy atom. The molecule has 0 bridgehead atoms. The number of carbonyl (C=O) groups excluding carboxylic acids is 1. The summed E-state index contributed by atoms with van der Waals surface area (Å²) in [7, 11) is 0. The molecule has 0 rings (SSSR count). The van der Waals surface area contributed by atoms with Gasteiger partial charge < -0.3 is 9.90 Å². The van der Waals surface area contributed by atoms with Crippen LogP contribution in [0.25, 0.3) is 0 Å². The van der Waals surface area contributed by atoms with Crippen LogP contribution in [-0.4, -0.2) is 5.97 Å². The molecule has 0 radical (unpaired) electrons. The lowest BCUT2D eigenvalue weighted by Gasteiger charge is -2.04. The van der Waals surface area contributed by atoms with E-state index in [0.29, 0.717) is 0 Å². The van der Waals surface area contributed by atoms with Crippen molar-refractivity contribution in [3.63, 3.8) is 0 Å². The Hall–Kier alpha value is -0.530. The van der Waals surface area contributed by atoms with Crippen molar-refractivity contribution in [1.82, 2.24) is 0 Å². The molecule has 0 aliphatic carbocycles. The number of hydrogen-bond acceptors (Lipinski definition) is 2. The third-order valence-corrected chi connectivity index (χ3v) is 2.41. The average molecular weight is 199 g/mol. The largest absolute Gasteiger partial charge is 0.550 e. The van der Waals surface area contributed by atoms with E-state index in [2.05, 4.69) is 13.8 Å². The smallest absolute Gasteiger partial charge is 0.0414 e. The van der Waals surface area contributed by atoms with Crippen LogP contribution < -0.4 is 5.11 Å². The van der Waals surface area contributed by atoms with E-state index in [1.54, 1.807) is 0 Å². The Labute approximate surface area is 87.7 Å². The number of rotatable bonds is 9. The first-order valence-corrected chi connectivity index (χ1v) is 5.82. The van der Waals surface area contributed by atoms with Crippen LogP contribution >= 0.6 is 0 Å². The van der Waals surface area contributed by atoms with E-state index in [1.807, 2.05) is 0 Å². The molecule has 0 aromatic rings. The topological polar surface area (TPSA) is 40.1 Å². The highest BCUT2D eigenvalue weighted by Gasteiger charge is 1.94. The number of unbranched alkanes of at least 4 members (excludes halogenated alkanes) is 5. The lowest BCUT2D eigenvalue weighted by molar-refractivity contribution is -0.305. The van der Waals surface area contributed by atoms with Crippen molar-refractivity contribution in [2.45, 2.75) is 65.2 Å². The Balaban J connectivity index is 2.96. The van der Waals surface area contributed by atoms with Crippen LogP contribution in [0, 0.1) is 5.92 Å². The normalized spacial score (nSPS) is 10.8. The molecule has 0 atom stereocenters. The van der Waals surface area contributed by atoms with Gasteiger partial charge in [0.2, 0.25) is 0 Å². The lowest BCUT2D eigenvalue weighted by atomic mass is 10.0. The van der Waals surface area contributed by atoms with Crippen LogP contribution in [0.1, 0.15) is 65.2 Å².